The number of hydrogen-bond acceptors (Lipinski definition) is 2. The lowest BCUT2D eigenvalue weighted by Crippen LogP contribution is -2.01. The van der Waals surface area contributed by atoms with Gasteiger partial charge in [-0.2, -0.15) is 0 Å². The Balaban J connectivity index is 3.08. The van der Waals surface area contributed by atoms with Crippen LogP contribution in [0.25, 0.3) is 0 Å². The number of ketones is 2. The SMILES string of the molecule is CCCCc1cc(C(C)=O)cc(C(C)=O)c1. The minimum Gasteiger partial charge on any atom is -0.295 e. The van der Waals surface area contributed by atoms with Gasteiger partial charge in [0.25, 0.3) is 0 Å². The van der Waals surface area contributed by atoms with Crippen LogP contribution in [-0.2, 0) is 6.42 Å². The Bertz CT molecular complexity index is 373. The van der Waals surface area contributed by atoms with Gasteiger partial charge in [0, 0.05) is 11.1 Å². The molecule has 0 amide bonds. The average molecular weight is 218 g/mol. The van der Waals surface area contributed by atoms with Crippen molar-refractivity contribution in [1.29, 1.82) is 0 Å². The highest BCUT2D eigenvalue weighted by atomic mass is 16.1. The van der Waals surface area contributed by atoms with Gasteiger partial charge in [0.15, 0.2) is 11.6 Å². The maximum absolute atomic E-state index is 11.3. The molecule has 0 unspecified atom stereocenters. The van der Waals surface area contributed by atoms with E-state index in [0.29, 0.717) is 11.1 Å². The molecule has 0 aromatic heterocycles. The monoisotopic (exact) mass is 218 g/mol. The topological polar surface area (TPSA) is 34.1 Å². The van der Waals surface area contributed by atoms with E-state index in [1.54, 1.807) is 6.07 Å². The second-order valence-corrected chi connectivity index (χ2v) is 4.13. The van der Waals surface area contributed by atoms with E-state index >= 15 is 0 Å². The normalized spacial score (nSPS) is 10.2. The largest absolute Gasteiger partial charge is 0.295 e. The highest BCUT2D eigenvalue weighted by molar-refractivity contribution is 5.99. The fourth-order valence-electron chi connectivity index (χ4n) is 1.62. The van der Waals surface area contributed by atoms with E-state index in [0.717, 1.165) is 24.8 Å². The van der Waals surface area contributed by atoms with Crippen LogP contribution in [0.5, 0.6) is 0 Å². The first-order valence-electron chi connectivity index (χ1n) is 5.70. The predicted octanol–water partition coefficient (Wildman–Crippen LogP) is 3.43. The van der Waals surface area contributed by atoms with Crippen LogP contribution >= 0.6 is 0 Å². The van der Waals surface area contributed by atoms with E-state index in [9.17, 15) is 9.59 Å². The molecule has 86 valence electrons. The number of carbonyl (C=O) groups is 2. The molecule has 0 heterocycles. The van der Waals surface area contributed by atoms with Crippen molar-refractivity contribution in [3.05, 3.63) is 34.9 Å². The van der Waals surface area contributed by atoms with E-state index < -0.39 is 0 Å². The summed E-state index contributed by atoms with van der Waals surface area (Å²) < 4.78 is 0. The summed E-state index contributed by atoms with van der Waals surface area (Å²) in [5.74, 6) is 0.0293. The van der Waals surface area contributed by atoms with Crippen LogP contribution in [0.1, 0.15) is 59.9 Å². The molecule has 0 saturated carbocycles. The van der Waals surface area contributed by atoms with E-state index in [-0.39, 0.29) is 11.6 Å². The molecule has 0 aliphatic rings. The minimum atomic E-state index is 0.0147. The van der Waals surface area contributed by atoms with Crippen molar-refractivity contribution in [3.8, 4) is 0 Å². The zero-order chi connectivity index (χ0) is 12.1. The second-order valence-electron chi connectivity index (χ2n) is 4.13. The van der Waals surface area contributed by atoms with Crippen LogP contribution in [0, 0.1) is 0 Å². The Morgan fingerprint density at radius 2 is 1.50 bits per heavy atom. The van der Waals surface area contributed by atoms with Crippen LogP contribution in [0.3, 0.4) is 0 Å². The molecule has 1 rings (SSSR count). The summed E-state index contributed by atoms with van der Waals surface area (Å²) in [6, 6.07) is 5.47. The molecule has 2 nitrogen and oxygen atoms in total. The fraction of sp³-hybridized carbons (Fsp3) is 0.429. The Morgan fingerprint density at radius 3 is 1.88 bits per heavy atom. The molecular weight excluding hydrogens is 200 g/mol. The number of hydrogen-bond donors (Lipinski definition) is 0. The van der Waals surface area contributed by atoms with Crippen molar-refractivity contribution in [3.63, 3.8) is 0 Å². The van der Waals surface area contributed by atoms with Crippen LogP contribution < -0.4 is 0 Å². The number of benzene rings is 1. The Hall–Kier alpha value is -1.44. The summed E-state index contributed by atoms with van der Waals surface area (Å²) >= 11 is 0. The van der Waals surface area contributed by atoms with Crippen LogP contribution in [0.4, 0.5) is 0 Å². The molecule has 0 spiro atoms. The zero-order valence-electron chi connectivity index (χ0n) is 10.2. The van der Waals surface area contributed by atoms with Gasteiger partial charge in [0.05, 0.1) is 0 Å². The highest BCUT2D eigenvalue weighted by Gasteiger charge is 2.07. The molecule has 0 aliphatic heterocycles. The second kappa shape index (κ2) is 5.59. The van der Waals surface area contributed by atoms with E-state index in [2.05, 4.69) is 6.92 Å². The van der Waals surface area contributed by atoms with Gasteiger partial charge >= 0.3 is 0 Å². The smallest absolute Gasteiger partial charge is 0.159 e. The Labute approximate surface area is 96.7 Å². The third kappa shape index (κ3) is 3.30. The Kier molecular flexibility index (Phi) is 4.41. The summed E-state index contributed by atoms with van der Waals surface area (Å²) in [5.41, 5.74) is 2.36. The van der Waals surface area contributed by atoms with Crippen molar-refractivity contribution in [2.45, 2.75) is 40.0 Å². The van der Waals surface area contributed by atoms with E-state index in [1.807, 2.05) is 12.1 Å². The minimum absolute atomic E-state index is 0.0147. The molecule has 0 bridgehead atoms. The maximum Gasteiger partial charge on any atom is 0.159 e. The van der Waals surface area contributed by atoms with Gasteiger partial charge in [-0.25, -0.2) is 0 Å². The van der Waals surface area contributed by atoms with Crippen LogP contribution in [0.2, 0.25) is 0 Å². The summed E-state index contributed by atoms with van der Waals surface area (Å²) in [6.45, 7) is 5.19. The molecule has 0 saturated heterocycles. The molecule has 2 heteroatoms. The lowest BCUT2D eigenvalue weighted by atomic mass is 9.98. The van der Waals surface area contributed by atoms with Crippen molar-refractivity contribution in [2.24, 2.45) is 0 Å². The maximum atomic E-state index is 11.3. The van der Waals surface area contributed by atoms with Crippen LogP contribution in [-0.4, -0.2) is 11.6 Å². The molecule has 0 aliphatic carbocycles. The first-order valence-corrected chi connectivity index (χ1v) is 5.70. The molecular formula is C14H18O2. The summed E-state index contributed by atoms with van der Waals surface area (Å²) in [7, 11) is 0. The lowest BCUT2D eigenvalue weighted by Gasteiger charge is -2.06. The number of carbonyl (C=O) groups excluding carboxylic acids is 2. The summed E-state index contributed by atoms with van der Waals surface area (Å²) in [4.78, 5) is 22.7. The van der Waals surface area contributed by atoms with Gasteiger partial charge in [-0.3, -0.25) is 9.59 Å². The van der Waals surface area contributed by atoms with E-state index in [1.165, 1.54) is 13.8 Å². The Morgan fingerprint density at radius 1 is 1.00 bits per heavy atom. The van der Waals surface area contributed by atoms with Gasteiger partial charge in [-0.05, 0) is 50.5 Å². The molecule has 1 aromatic carbocycles. The van der Waals surface area contributed by atoms with Crippen LogP contribution in [0.15, 0.2) is 18.2 Å². The summed E-state index contributed by atoms with van der Waals surface area (Å²) in [5, 5.41) is 0. The zero-order valence-corrected chi connectivity index (χ0v) is 10.2. The third-order valence-electron chi connectivity index (χ3n) is 2.62. The van der Waals surface area contributed by atoms with Gasteiger partial charge in [0.1, 0.15) is 0 Å². The van der Waals surface area contributed by atoms with Crippen molar-refractivity contribution in [1.82, 2.24) is 0 Å². The predicted molar refractivity (Wildman–Crippen MR) is 65.1 cm³/mol. The molecule has 16 heavy (non-hydrogen) atoms. The quantitative estimate of drug-likeness (QED) is 0.709. The number of unbranched alkanes of at least 4 members (excludes halogenated alkanes) is 1. The standard InChI is InChI=1S/C14H18O2/c1-4-5-6-12-7-13(10(2)15)9-14(8-12)11(3)16/h7-9H,4-6H2,1-3H3. The van der Waals surface area contributed by atoms with Gasteiger partial charge in [-0.1, -0.05) is 13.3 Å². The molecule has 1 aromatic rings. The summed E-state index contributed by atoms with van der Waals surface area (Å²) in [6.07, 6.45) is 3.12. The first kappa shape index (κ1) is 12.6. The molecule has 0 N–H and O–H groups in total. The molecule has 0 fully saturated rings. The highest BCUT2D eigenvalue weighted by Crippen LogP contribution is 2.14. The van der Waals surface area contributed by atoms with Gasteiger partial charge < -0.3 is 0 Å². The van der Waals surface area contributed by atoms with Gasteiger partial charge in [0.2, 0.25) is 0 Å². The fourth-order valence-corrected chi connectivity index (χ4v) is 1.62. The van der Waals surface area contributed by atoms with Gasteiger partial charge in [-0.15, -0.1) is 0 Å². The number of Topliss-reactive ketones (excluding diaryl/α,β-unsaturated/α-hetero) is 2. The van der Waals surface area contributed by atoms with Crippen molar-refractivity contribution >= 4 is 11.6 Å². The third-order valence-corrected chi connectivity index (χ3v) is 2.62. The average Bonchev–Trinajstić information content (AvgIpc) is 2.25. The van der Waals surface area contributed by atoms with Crippen molar-refractivity contribution in [2.75, 3.05) is 0 Å². The van der Waals surface area contributed by atoms with Crippen molar-refractivity contribution < 1.29 is 9.59 Å². The van der Waals surface area contributed by atoms with E-state index in [4.69, 9.17) is 0 Å². The number of aryl methyl sites for hydroxylation is 1. The number of rotatable bonds is 5. The molecule has 0 radical (unpaired) electrons. The lowest BCUT2D eigenvalue weighted by molar-refractivity contribution is 0.101. The first-order chi connectivity index (χ1) is 7.54. The molecule has 0 atom stereocenters.